The maximum absolute atomic E-state index is 12.5. The summed E-state index contributed by atoms with van der Waals surface area (Å²) in [4.78, 5) is 16.8. The minimum atomic E-state index is -0.369. The number of hydrogen-bond donors (Lipinski definition) is 0. The molecule has 0 spiro atoms. The molecule has 2 rings (SSSR count). The van der Waals surface area contributed by atoms with Crippen LogP contribution in [-0.4, -0.2) is 38.1 Å². The summed E-state index contributed by atoms with van der Waals surface area (Å²) in [5, 5.41) is 5.84. The Balaban J connectivity index is 2.08. The highest BCUT2D eigenvalue weighted by Gasteiger charge is 2.33. The van der Waals surface area contributed by atoms with E-state index in [-0.39, 0.29) is 11.8 Å². The van der Waals surface area contributed by atoms with Gasteiger partial charge in [-0.05, 0) is 44.0 Å². The minimum absolute atomic E-state index is 0.0605. The Labute approximate surface area is 139 Å². The number of aryl methyl sites for hydroxylation is 1. The van der Waals surface area contributed by atoms with E-state index in [0.29, 0.717) is 13.2 Å². The van der Waals surface area contributed by atoms with Gasteiger partial charge in [0.2, 0.25) is 0 Å². The van der Waals surface area contributed by atoms with Gasteiger partial charge in [0, 0.05) is 30.9 Å². The maximum Gasteiger partial charge on any atom is 0.261 e. The Morgan fingerprint density at radius 3 is 2.91 bits per heavy atom. The quantitative estimate of drug-likeness (QED) is 0.574. The fraction of sp³-hybridized carbons (Fsp3) is 0.438. The molecule has 1 atom stereocenters. The lowest BCUT2D eigenvalue weighted by molar-refractivity contribution is -0.118. The van der Waals surface area contributed by atoms with Crippen LogP contribution in [0.2, 0.25) is 0 Å². The van der Waals surface area contributed by atoms with Gasteiger partial charge in [-0.15, -0.1) is 0 Å². The average Bonchev–Trinajstić information content (AvgIpc) is 2.77. The van der Waals surface area contributed by atoms with Crippen LogP contribution in [0.4, 0.5) is 5.69 Å². The third-order valence-corrected chi connectivity index (χ3v) is 4.35. The molecule has 0 radical (unpaired) electrons. The van der Waals surface area contributed by atoms with E-state index in [1.165, 1.54) is 5.01 Å². The smallest absolute Gasteiger partial charge is 0.261 e. The van der Waals surface area contributed by atoms with Crippen molar-refractivity contribution in [3.8, 4) is 0 Å². The molecule has 1 aliphatic heterocycles. The Morgan fingerprint density at radius 1 is 1.45 bits per heavy atom. The monoisotopic (exact) mass is 365 g/mol. The van der Waals surface area contributed by atoms with Crippen LogP contribution in [0.5, 0.6) is 0 Å². The van der Waals surface area contributed by atoms with E-state index in [2.05, 4.69) is 26.0 Å². The van der Waals surface area contributed by atoms with E-state index in [0.717, 1.165) is 27.9 Å². The second kappa shape index (κ2) is 7.65. The van der Waals surface area contributed by atoms with Crippen molar-refractivity contribution in [1.82, 2.24) is 0 Å². The number of ether oxygens (including phenoxy) is 1. The van der Waals surface area contributed by atoms with Crippen molar-refractivity contribution in [2.45, 2.75) is 20.3 Å². The normalized spacial score (nSPS) is 18.4. The Bertz CT molecular complexity index is 613. The number of benzene rings is 1. The van der Waals surface area contributed by atoms with Crippen molar-refractivity contribution in [1.29, 1.82) is 0 Å². The Hall–Kier alpha value is -1.53. The van der Waals surface area contributed by atoms with Crippen LogP contribution in [0.3, 0.4) is 0 Å². The lowest BCUT2D eigenvalue weighted by Gasteiger charge is -2.14. The predicted molar refractivity (Wildman–Crippen MR) is 92.8 cm³/mol. The molecule has 1 aromatic rings. The SMILES string of the molecule is COCCCN=C[C@H]1C(=O)N(c2ccc(Br)c(C)c2)N=C1C. The first kappa shape index (κ1) is 16.8. The summed E-state index contributed by atoms with van der Waals surface area (Å²) in [6, 6.07) is 5.75. The number of methoxy groups -OCH3 is 1. The highest BCUT2D eigenvalue weighted by molar-refractivity contribution is 9.10. The summed E-state index contributed by atoms with van der Waals surface area (Å²) in [5.41, 5.74) is 2.61. The number of amides is 1. The third kappa shape index (κ3) is 3.81. The summed E-state index contributed by atoms with van der Waals surface area (Å²) in [5.74, 6) is -0.429. The van der Waals surface area contributed by atoms with Gasteiger partial charge >= 0.3 is 0 Å². The molecule has 0 aliphatic carbocycles. The summed E-state index contributed by atoms with van der Waals surface area (Å²) in [6.07, 6.45) is 2.54. The predicted octanol–water partition coefficient (Wildman–Crippen LogP) is 3.20. The molecular weight excluding hydrogens is 346 g/mol. The van der Waals surface area contributed by atoms with E-state index in [9.17, 15) is 4.79 Å². The number of halogens is 1. The molecule has 1 aromatic carbocycles. The molecule has 1 aliphatic rings. The first-order valence-electron chi connectivity index (χ1n) is 7.18. The van der Waals surface area contributed by atoms with Crippen LogP contribution in [0, 0.1) is 12.8 Å². The molecule has 0 aromatic heterocycles. The first-order chi connectivity index (χ1) is 10.5. The number of hydrogen-bond acceptors (Lipinski definition) is 4. The van der Waals surface area contributed by atoms with Crippen LogP contribution in [0.1, 0.15) is 18.9 Å². The summed E-state index contributed by atoms with van der Waals surface area (Å²) in [6.45, 7) is 5.17. The number of hydrazone groups is 1. The van der Waals surface area contributed by atoms with Crippen molar-refractivity contribution in [3.05, 3.63) is 28.2 Å². The van der Waals surface area contributed by atoms with Crippen LogP contribution >= 0.6 is 15.9 Å². The molecule has 1 amide bonds. The second-order valence-electron chi connectivity index (χ2n) is 5.20. The third-order valence-electron chi connectivity index (χ3n) is 3.46. The molecule has 6 heteroatoms. The van der Waals surface area contributed by atoms with Gasteiger partial charge in [-0.2, -0.15) is 10.1 Å². The average molecular weight is 366 g/mol. The Kier molecular flexibility index (Phi) is 5.85. The zero-order chi connectivity index (χ0) is 16.1. The topological polar surface area (TPSA) is 54.3 Å². The molecular formula is C16H20BrN3O2. The highest BCUT2D eigenvalue weighted by Crippen LogP contribution is 2.27. The zero-order valence-electron chi connectivity index (χ0n) is 13.0. The maximum atomic E-state index is 12.5. The molecule has 0 saturated carbocycles. The molecule has 5 nitrogen and oxygen atoms in total. The van der Waals surface area contributed by atoms with Crippen LogP contribution in [0.25, 0.3) is 0 Å². The van der Waals surface area contributed by atoms with Crippen molar-refractivity contribution < 1.29 is 9.53 Å². The van der Waals surface area contributed by atoms with Crippen molar-refractivity contribution in [2.75, 3.05) is 25.3 Å². The van der Waals surface area contributed by atoms with Crippen molar-refractivity contribution >= 4 is 39.5 Å². The summed E-state index contributed by atoms with van der Waals surface area (Å²) in [7, 11) is 1.67. The van der Waals surface area contributed by atoms with E-state index >= 15 is 0 Å². The van der Waals surface area contributed by atoms with Crippen LogP contribution in [-0.2, 0) is 9.53 Å². The fourth-order valence-electron chi connectivity index (χ4n) is 2.18. The molecule has 0 fully saturated rings. The van der Waals surface area contributed by atoms with E-state index in [1.807, 2.05) is 32.0 Å². The number of rotatable bonds is 6. The van der Waals surface area contributed by atoms with Gasteiger partial charge in [0.15, 0.2) is 0 Å². The van der Waals surface area contributed by atoms with Crippen molar-refractivity contribution in [2.24, 2.45) is 16.0 Å². The minimum Gasteiger partial charge on any atom is -0.385 e. The van der Waals surface area contributed by atoms with E-state index < -0.39 is 0 Å². The number of anilines is 1. The van der Waals surface area contributed by atoms with Gasteiger partial charge in [-0.1, -0.05) is 15.9 Å². The second-order valence-corrected chi connectivity index (χ2v) is 6.06. The van der Waals surface area contributed by atoms with E-state index in [1.54, 1.807) is 13.3 Å². The molecule has 0 unspecified atom stereocenters. The van der Waals surface area contributed by atoms with Gasteiger partial charge in [0.25, 0.3) is 5.91 Å². The number of carbonyl (C=O) groups is 1. The lowest BCUT2D eigenvalue weighted by atomic mass is 10.1. The van der Waals surface area contributed by atoms with Gasteiger partial charge < -0.3 is 4.74 Å². The Morgan fingerprint density at radius 2 is 2.23 bits per heavy atom. The number of aliphatic imine (C=N–C) groups is 1. The van der Waals surface area contributed by atoms with Gasteiger partial charge in [0.1, 0.15) is 5.92 Å². The summed E-state index contributed by atoms with van der Waals surface area (Å²) >= 11 is 3.46. The van der Waals surface area contributed by atoms with E-state index in [4.69, 9.17) is 4.74 Å². The highest BCUT2D eigenvalue weighted by atomic mass is 79.9. The zero-order valence-corrected chi connectivity index (χ0v) is 14.6. The molecule has 118 valence electrons. The van der Waals surface area contributed by atoms with Gasteiger partial charge in [0.05, 0.1) is 11.4 Å². The standard InChI is InChI=1S/C16H20BrN3O2/c1-11-9-13(5-6-15(11)17)20-16(21)14(12(2)19-20)10-18-7-4-8-22-3/h5-6,9-10,14H,4,7-8H2,1-3H3/t14-/m1/s1. The number of carbonyl (C=O) groups excluding carboxylic acids is 1. The molecule has 0 saturated heterocycles. The van der Waals surface area contributed by atoms with Gasteiger partial charge in [-0.25, -0.2) is 0 Å². The molecule has 0 N–H and O–H groups in total. The van der Waals surface area contributed by atoms with Crippen LogP contribution < -0.4 is 5.01 Å². The largest absolute Gasteiger partial charge is 0.385 e. The molecule has 1 heterocycles. The van der Waals surface area contributed by atoms with Gasteiger partial charge in [-0.3, -0.25) is 9.79 Å². The number of nitrogens with zero attached hydrogens (tertiary/aromatic N) is 3. The first-order valence-corrected chi connectivity index (χ1v) is 7.98. The fourth-order valence-corrected chi connectivity index (χ4v) is 2.42. The molecule has 0 bridgehead atoms. The van der Waals surface area contributed by atoms with Crippen molar-refractivity contribution in [3.63, 3.8) is 0 Å². The molecule has 22 heavy (non-hydrogen) atoms. The van der Waals surface area contributed by atoms with Crippen LogP contribution in [0.15, 0.2) is 32.8 Å². The summed E-state index contributed by atoms with van der Waals surface area (Å²) < 4.78 is 5.99. The lowest BCUT2D eigenvalue weighted by Crippen LogP contribution is -2.28.